The summed E-state index contributed by atoms with van der Waals surface area (Å²) < 4.78 is 0. The average Bonchev–Trinajstić information content (AvgIpc) is 2.69. The van der Waals surface area contributed by atoms with Gasteiger partial charge >= 0.3 is 0 Å². The highest BCUT2D eigenvalue weighted by atomic mass is 32.2. The Balaban J connectivity index is 1.89. The van der Waals surface area contributed by atoms with Gasteiger partial charge in [-0.25, -0.2) is 0 Å². The molecular weight excluding hydrogens is 358 g/mol. The lowest BCUT2D eigenvalue weighted by molar-refractivity contribution is -0.127. The fraction of sp³-hybridized carbons (Fsp3) is 0.381. The third-order valence-corrected chi connectivity index (χ3v) is 5.13. The minimum atomic E-state index is -0.587. The fourth-order valence-corrected chi connectivity index (χ4v) is 3.47. The maximum Gasteiger partial charge on any atom is 0.243 e. The summed E-state index contributed by atoms with van der Waals surface area (Å²) in [7, 11) is 0. The molecule has 1 aromatic carbocycles. The number of carbonyl (C=O) groups excluding carboxylic acids is 2. The van der Waals surface area contributed by atoms with Gasteiger partial charge in [-0.05, 0) is 42.7 Å². The van der Waals surface area contributed by atoms with E-state index in [0.29, 0.717) is 12.3 Å². The lowest BCUT2D eigenvalue weighted by Gasteiger charge is -2.17. The van der Waals surface area contributed by atoms with E-state index in [9.17, 15) is 9.59 Å². The molecule has 144 valence electrons. The Bertz CT molecular complexity index is 720. The Morgan fingerprint density at radius 1 is 1.15 bits per heavy atom. The summed E-state index contributed by atoms with van der Waals surface area (Å²) in [6.07, 6.45) is 5.15. The fourth-order valence-electron chi connectivity index (χ4n) is 2.54. The zero-order valence-electron chi connectivity index (χ0n) is 15.9. The molecule has 0 saturated heterocycles. The van der Waals surface area contributed by atoms with E-state index >= 15 is 0 Å². The van der Waals surface area contributed by atoms with Crippen molar-refractivity contribution in [1.29, 1.82) is 0 Å². The smallest absolute Gasteiger partial charge is 0.243 e. The van der Waals surface area contributed by atoms with E-state index in [1.54, 1.807) is 18.0 Å². The molecule has 1 unspecified atom stereocenters. The van der Waals surface area contributed by atoms with E-state index in [-0.39, 0.29) is 11.8 Å². The van der Waals surface area contributed by atoms with Gasteiger partial charge in [0.05, 0.1) is 12.2 Å². The molecule has 1 aromatic heterocycles. The Morgan fingerprint density at radius 3 is 2.56 bits per heavy atom. The molecule has 2 rings (SSSR count). The predicted octanol–water partition coefficient (Wildman–Crippen LogP) is 3.34. The van der Waals surface area contributed by atoms with Crippen LogP contribution in [0.2, 0.25) is 0 Å². The first-order chi connectivity index (χ1) is 13.1. The van der Waals surface area contributed by atoms with Crippen molar-refractivity contribution in [2.75, 3.05) is 5.75 Å². The molecule has 0 fully saturated rings. The van der Waals surface area contributed by atoms with Crippen molar-refractivity contribution in [3.05, 3.63) is 59.9 Å². The molecule has 0 spiro atoms. The van der Waals surface area contributed by atoms with Crippen LogP contribution in [-0.4, -0.2) is 28.6 Å². The van der Waals surface area contributed by atoms with Crippen molar-refractivity contribution < 1.29 is 9.59 Å². The van der Waals surface area contributed by atoms with Gasteiger partial charge in [0, 0.05) is 23.8 Å². The second-order valence-corrected chi connectivity index (χ2v) is 7.44. The van der Waals surface area contributed by atoms with E-state index in [1.165, 1.54) is 25.3 Å². The number of amides is 2. The van der Waals surface area contributed by atoms with Gasteiger partial charge in [-0.1, -0.05) is 31.5 Å². The van der Waals surface area contributed by atoms with Crippen LogP contribution in [0.5, 0.6) is 0 Å². The number of benzene rings is 1. The summed E-state index contributed by atoms with van der Waals surface area (Å²) in [5.74, 6) is 0.0495. The van der Waals surface area contributed by atoms with Gasteiger partial charge in [0.2, 0.25) is 11.8 Å². The lowest BCUT2D eigenvalue weighted by Crippen LogP contribution is -2.47. The molecule has 1 atom stereocenters. The lowest BCUT2D eigenvalue weighted by atomic mass is 10.1. The summed E-state index contributed by atoms with van der Waals surface area (Å²) in [5, 5.41) is 5.58. The van der Waals surface area contributed by atoms with Crippen molar-refractivity contribution in [1.82, 2.24) is 15.6 Å². The minimum Gasteiger partial charge on any atom is -0.349 e. The molecule has 2 aromatic rings. The average molecular weight is 386 g/mol. The highest BCUT2D eigenvalue weighted by Crippen LogP contribution is 2.20. The van der Waals surface area contributed by atoms with Gasteiger partial charge in [-0.2, -0.15) is 0 Å². The first-order valence-electron chi connectivity index (χ1n) is 9.25. The third kappa shape index (κ3) is 7.83. The molecule has 27 heavy (non-hydrogen) atoms. The number of nitrogens with one attached hydrogen (secondary N) is 2. The SMILES string of the molecule is CCCCc1ccc(SCC(NC(C)=O)C(=O)NCc2ccccn2)cc1. The Labute approximate surface area is 165 Å². The molecular formula is C21H27N3O2S. The number of hydrogen-bond acceptors (Lipinski definition) is 4. The zero-order chi connectivity index (χ0) is 19.5. The van der Waals surface area contributed by atoms with E-state index in [1.807, 2.05) is 18.2 Å². The van der Waals surface area contributed by atoms with Gasteiger partial charge in [-0.3, -0.25) is 14.6 Å². The van der Waals surface area contributed by atoms with Crippen LogP contribution in [0.25, 0.3) is 0 Å². The van der Waals surface area contributed by atoms with Crippen LogP contribution < -0.4 is 10.6 Å². The maximum atomic E-state index is 12.5. The molecule has 0 radical (unpaired) electrons. The number of hydrogen-bond donors (Lipinski definition) is 2. The Kier molecular flexibility index (Phi) is 8.84. The minimum absolute atomic E-state index is 0.206. The Hall–Kier alpha value is -2.34. The molecule has 0 aliphatic rings. The maximum absolute atomic E-state index is 12.5. The number of thioether (sulfide) groups is 1. The van der Waals surface area contributed by atoms with Crippen LogP contribution in [0.3, 0.4) is 0 Å². The largest absolute Gasteiger partial charge is 0.349 e. The number of pyridine rings is 1. The van der Waals surface area contributed by atoms with Crippen molar-refractivity contribution in [3.63, 3.8) is 0 Å². The molecule has 1 heterocycles. The zero-order valence-corrected chi connectivity index (χ0v) is 16.7. The van der Waals surface area contributed by atoms with E-state index in [0.717, 1.165) is 17.0 Å². The first-order valence-corrected chi connectivity index (χ1v) is 10.2. The van der Waals surface area contributed by atoms with Gasteiger partial charge in [0.25, 0.3) is 0 Å². The number of unbranched alkanes of at least 4 members (excludes halogenated alkanes) is 1. The summed E-state index contributed by atoms with van der Waals surface area (Å²) >= 11 is 1.56. The standard InChI is InChI=1S/C21H27N3O2S/c1-3-4-7-17-9-11-19(12-10-17)27-15-20(24-16(2)25)21(26)23-14-18-8-5-6-13-22-18/h5-6,8-13,20H,3-4,7,14-15H2,1-2H3,(H,23,26)(H,24,25). The topological polar surface area (TPSA) is 71.1 Å². The monoisotopic (exact) mass is 385 g/mol. The van der Waals surface area contributed by atoms with Crippen LogP contribution in [-0.2, 0) is 22.6 Å². The summed E-state index contributed by atoms with van der Waals surface area (Å²) in [4.78, 5) is 29.2. The third-order valence-electron chi connectivity index (χ3n) is 4.02. The normalized spacial score (nSPS) is 11.6. The van der Waals surface area contributed by atoms with Crippen molar-refractivity contribution in [2.45, 2.75) is 50.6 Å². The van der Waals surface area contributed by atoms with Crippen molar-refractivity contribution in [3.8, 4) is 0 Å². The molecule has 0 aliphatic carbocycles. The quantitative estimate of drug-likeness (QED) is 0.616. The number of nitrogens with zero attached hydrogens (tertiary/aromatic N) is 1. The van der Waals surface area contributed by atoms with Crippen LogP contribution in [0.1, 0.15) is 37.9 Å². The first kappa shape index (κ1) is 21.0. The van der Waals surface area contributed by atoms with Gasteiger partial charge in [0.15, 0.2) is 0 Å². The molecule has 5 nitrogen and oxygen atoms in total. The van der Waals surface area contributed by atoms with Crippen LogP contribution in [0.4, 0.5) is 0 Å². The summed E-state index contributed by atoms with van der Waals surface area (Å²) in [6.45, 7) is 3.95. The van der Waals surface area contributed by atoms with E-state index < -0.39 is 6.04 Å². The van der Waals surface area contributed by atoms with Gasteiger partial charge < -0.3 is 10.6 Å². The van der Waals surface area contributed by atoms with E-state index in [2.05, 4.69) is 46.8 Å². The number of rotatable bonds is 10. The molecule has 0 bridgehead atoms. The molecule has 0 aliphatic heterocycles. The van der Waals surface area contributed by atoms with E-state index in [4.69, 9.17) is 0 Å². The van der Waals surface area contributed by atoms with Gasteiger partial charge in [-0.15, -0.1) is 11.8 Å². The van der Waals surface area contributed by atoms with Crippen molar-refractivity contribution >= 4 is 23.6 Å². The Morgan fingerprint density at radius 2 is 1.93 bits per heavy atom. The molecule has 2 N–H and O–H groups in total. The molecule has 2 amide bonds. The number of aryl methyl sites for hydroxylation is 1. The number of aromatic nitrogens is 1. The van der Waals surface area contributed by atoms with Gasteiger partial charge in [0.1, 0.15) is 6.04 Å². The summed E-state index contributed by atoms with van der Waals surface area (Å²) in [6, 6.07) is 13.4. The second kappa shape index (κ2) is 11.4. The second-order valence-electron chi connectivity index (χ2n) is 6.35. The highest BCUT2D eigenvalue weighted by molar-refractivity contribution is 7.99. The van der Waals surface area contributed by atoms with Crippen molar-refractivity contribution in [2.24, 2.45) is 0 Å². The molecule has 6 heteroatoms. The highest BCUT2D eigenvalue weighted by Gasteiger charge is 2.19. The molecule has 0 saturated carbocycles. The van der Waals surface area contributed by atoms with Crippen LogP contribution in [0.15, 0.2) is 53.6 Å². The van der Waals surface area contributed by atoms with Crippen LogP contribution in [0, 0.1) is 0 Å². The number of carbonyl (C=O) groups is 2. The summed E-state index contributed by atoms with van der Waals surface area (Å²) in [5.41, 5.74) is 2.11. The predicted molar refractivity (Wildman–Crippen MR) is 109 cm³/mol. The van der Waals surface area contributed by atoms with Crippen LogP contribution >= 0.6 is 11.8 Å².